The van der Waals surface area contributed by atoms with Crippen molar-refractivity contribution in [1.82, 2.24) is 30.8 Å². The molecule has 0 radical (unpaired) electrons. The Labute approximate surface area is 206 Å². The summed E-state index contributed by atoms with van der Waals surface area (Å²) in [6.45, 7) is 7.36. The second kappa shape index (κ2) is 10.1. The molecule has 0 spiro atoms. The van der Waals surface area contributed by atoms with Crippen LogP contribution in [0.3, 0.4) is 0 Å². The highest BCUT2D eigenvalue weighted by atomic mass is 32.2. The van der Waals surface area contributed by atoms with Gasteiger partial charge in [0.2, 0.25) is 15.8 Å². The lowest BCUT2D eigenvalue weighted by Gasteiger charge is -2.32. The molecule has 2 aliphatic rings. The van der Waals surface area contributed by atoms with Gasteiger partial charge in [0.05, 0.1) is 10.5 Å². The van der Waals surface area contributed by atoms with Crippen molar-refractivity contribution in [3.63, 3.8) is 0 Å². The number of primary sulfonamides is 1. The van der Waals surface area contributed by atoms with E-state index < -0.39 is 10.0 Å². The van der Waals surface area contributed by atoms with E-state index in [-0.39, 0.29) is 10.7 Å². The molecule has 0 aliphatic carbocycles. The molecule has 35 heavy (non-hydrogen) atoms. The summed E-state index contributed by atoms with van der Waals surface area (Å²) in [4.78, 5) is 2.59. The number of nitrogens with zero attached hydrogens (tertiary/aromatic N) is 4. The minimum Gasteiger partial charge on any atom is -0.315 e. The average molecular weight is 496 g/mol. The van der Waals surface area contributed by atoms with Crippen LogP contribution in [0.5, 0.6) is 0 Å². The first kappa shape index (κ1) is 24.1. The number of hydrogen-bond acceptors (Lipinski definition) is 7. The van der Waals surface area contributed by atoms with Crippen molar-refractivity contribution in [2.24, 2.45) is 11.1 Å². The second-order valence-electron chi connectivity index (χ2n) is 9.72. The van der Waals surface area contributed by atoms with Crippen LogP contribution in [0.25, 0.3) is 22.5 Å². The Morgan fingerprint density at radius 3 is 2.40 bits per heavy atom. The molecular weight excluding hydrogens is 462 g/mol. The summed E-state index contributed by atoms with van der Waals surface area (Å²) >= 11 is 0. The molecule has 0 unspecified atom stereocenters. The number of aromatic nitrogens is 4. The monoisotopic (exact) mass is 495 g/mol. The maximum Gasteiger partial charge on any atom is 0.239 e. The topological polar surface area (TPSA) is 130 Å². The van der Waals surface area contributed by atoms with Crippen LogP contribution in [0.15, 0.2) is 41.3 Å². The van der Waals surface area contributed by atoms with E-state index in [2.05, 4.69) is 49.9 Å². The number of tetrazole rings is 1. The standard InChI is InChI=1S/C25H33N7O2S/c1-2-11-32-12-9-17(10-13-32)14-20-7-8-22(19-5-3-18(4-6-19)21-15-27-16-21)23(24(20)35(26,33)34)25-28-30-31-29-25/h3-8,17,21,27H,2,9-16H2,1H3,(H2,26,33,34)(H,28,29,30,31). The molecule has 5 rings (SSSR count). The highest BCUT2D eigenvalue weighted by molar-refractivity contribution is 7.89. The van der Waals surface area contributed by atoms with E-state index in [0.29, 0.717) is 23.8 Å². The Kier molecular flexibility index (Phi) is 6.97. The molecule has 9 nitrogen and oxygen atoms in total. The van der Waals surface area contributed by atoms with Gasteiger partial charge in [-0.1, -0.05) is 43.3 Å². The van der Waals surface area contributed by atoms with Gasteiger partial charge in [-0.2, -0.15) is 5.21 Å². The van der Waals surface area contributed by atoms with E-state index in [9.17, 15) is 8.42 Å². The Balaban J connectivity index is 1.54. The van der Waals surface area contributed by atoms with E-state index in [1.807, 2.05) is 24.3 Å². The van der Waals surface area contributed by atoms with Gasteiger partial charge in [-0.3, -0.25) is 0 Å². The fourth-order valence-electron chi connectivity index (χ4n) is 5.34. The highest BCUT2D eigenvalue weighted by Gasteiger charge is 2.29. The lowest BCUT2D eigenvalue weighted by atomic mass is 9.87. The van der Waals surface area contributed by atoms with E-state index in [1.165, 1.54) is 5.56 Å². The van der Waals surface area contributed by atoms with Crippen molar-refractivity contribution in [2.75, 3.05) is 32.7 Å². The van der Waals surface area contributed by atoms with E-state index in [0.717, 1.165) is 68.7 Å². The molecule has 2 saturated heterocycles. The zero-order valence-corrected chi connectivity index (χ0v) is 20.9. The quantitative estimate of drug-likeness (QED) is 0.438. The number of nitrogens with two attached hydrogens (primary N) is 1. The molecule has 2 fully saturated rings. The number of H-pyrrole nitrogens is 1. The Morgan fingerprint density at radius 1 is 1.09 bits per heavy atom. The van der Waals surface area contributed by atoms with Gasteiger partial charge in [-0.05, 0) is 78.7 Å². The first-order valence-corrected chi connectivity index (χ1v) is 13.9. The predicted molar refractivity (Wildman–Crippen MR) is 135 cm³/mol. The molecule has 2 aliphatic heterocycles. The van der Waals surface area contributed by atoms with E-state index >= 15 is 0 Å². The van der Waals surface area contributed by atoms with Crippen molar-refractivity contribution in [3.05, 3.63) is 47.5 Å². The highest BCUT2D eigenvalue weighted by Crippen LogP contribution is 2.39. The number of likely N-dealkylation sites (tertiary alicyclic amines) is 1. The fourth-order valence-corrected chi connectivity index (χ4v) is 6.35. The zero-order valence-electron chi connectivity index (χ0n) is 20.1. The van der Waals surface area contributed by atoms with Crippen LogP contribution in [-0.4, -0.2) is 66.7 Å². The van der Waals surface area contributed by atoms with Crippen LogP contribution >= 0.6 is 0 Å². The lowest BCUT2D eigenvalue weighted by Crippen LogP contribution is -2.39. The van der Waals surface area contributed by atoms with Crippen LogP contribution in [0.2, 0.25) is 0 Å². The van der Waals surface area contributed by atoms with Crippen LogP contribution in [0, 0.1) is 5.92 Å². The Bertz CT molecular complexity index is 1250. The van der Waals surface area contributed by atoms with Crippen LogP contribution < -0.4 is 10.5 Å². The number of aromatic amines is 1. The smallest absolute Gasteiger partial charge is 0.239 e. The molecule has 3 heterocycles. The third-order valence-corrected chi connectivity index (χ3v) is 8.36. The lowest BCUT2D eigenvalue weighted by molar-refractivity contribution is 0.184. The minimum absolute atomic E-state index is 0.111. The van der Waals surface area contributed by atoms with Gasteiger partial charge >= 0.3 is 0 Å². The average Bonchev–Trinajstić information content (AvgIpc) is 3.34. The van der Waals surface area contributed by atoms with Crippen molar-refractivity contribution >= 4 is 10.0 Å². The number of benzene rings is 2. The van der Waals surface area contributed by atoms with E-state index in [1.54, 1.807) is 0 Å². The second-order valence-corrected chi connectivity index (χ2v) is 11.2. The van der Waals surface area contributed by atoms with Gasteiger partial charge in [0.15, 0.2) is 0 Å². The molecule has 0 atom stereocenters. The summed E-state index contributed by atoms with van der Waals surface area (Å²) < 4.78 is 26.0. The van der Waals surface area contributed by atoms with Crippen LogP contribution in [0.4, 0.5) is 0 Å². The molecule has 186 valence electrons. The summed E-state index contributed by atoms with van der Waals surface area (Å²) in [5.74, 6) is 1.16. The molecule has 2 aromatic carbocycles. The number of nitrogens with one attached hydrogen (secondary N) is 2. The van der Waals surface area contributed by atoms with Crippen molar-refractivity contribution < 1.29 is 8.42 Å². The largest absolute Gasteiger partial charge is 0.315 e. The first-order valence-electron chi connectivity index (χ1n) is 12.4. The summed E-state index contributed by atoms with van der Waals surface area (Å²) in [6, 6.07) is 12.2. The molecule has 0 saturated carbocycles. The summed E-state index contributed by atoms with van der Waals surface area (Å²) in [5, 5.41) is 23.6. The van der Waals surface area contributed by atoms with Gasteiger partial charge in [-0.15, -0.1) is 10.2 Å². The van der Waals surface area contributed by atoms with Crippen LogP contribution in [-0.2, 0) is 16.4 Å². The minimum atomic E-state index is -4.05. The maximum absolute atomic E-state index is 13.0. The number of piperidine rings is 1. The van der Waals surface area contributed by atoms with Crippen molar-refractivity contribution in [2.45, 2.75) is 43.4 Å². The Morgan fingerprint density at radius 2 is 1.83 bits per heavy atom. The SMILES string of the molecule is CCCN1CCC(Cc2ccc(-c3ccc(C4CNC4)cc3)c(-c3nn[nH]n3)c2S(N)(=O)=O)CC1. The van der Waals surface area contributed by atoms with Gasteiger partial charge < -0.3 is 10.2 Å². The third-order valence-electron chi connectivity index (χ3n) is 7.32. The fraction of sp³-hybridized carbons (Fsp3) is 0.480. The number of hydrogen-bond donors (Lipinski definition) is 3. The summed E-state index contributed by atoms with van der Waals surface area (Å²) in [5.41, 5.74) is 4.04. The van der Waals surface area contributed by atoms with E-state index in [4.69, 9.17) is 5.14 Å². The molecule has 4 N–H and O–H groups in total. The predicted octanol–water partition coefficient (Wildman–Crippen LogP) is 2.53. The maximum atomic E-state index is 13.0. The first-order chi connectivity index (χ1) is 16.9. The Hall–Kier alpha value is -2.66. The molecule has 10 heteroatoms. The molecule has 3 aromatic rings. The normalized spacial score (nSPS) is 18.0. The third kappa shape index (κ3) is 5.16. The summed E-state index contributed by atoms with van der Waals surface area (Å²) in [6.07, 6.45) is 3.89. The molecule has 0 bridgehead atoms. The molecule has 0 amide bonds. The van der Waals surface area contributed by atoms with Crippen LogP contribution in [0.1, 0.15) is 43.2 Å². The number of rotatable bonds is 8. The summed E-state index contributed by atoms with van der Waals surface area (Å²) in [7, 11) is -4.05. The number of sulfonamides is 1. The molecule has 1 aromatic heterocycles. The van der Waals surface area contributed by atoms with Crippen molar-refractivity contribution in [1.29, 1.82) is 0 Å². The van der Waals surface area contributed by atoms with Gasteiger partial charge in [-0.25, -0.2) is 13.6 Å². The van der Waals surface area contributed by atoms with Gasteiger partial charge in [0.1, 0.15) is 0 Å². The van der Waals surface area contributed by atoms with Crippen molar-refractivity contribution in [3.8, 4) is 22.5 Å². The molecular formula is C25H33N7O2S. The van der Waals surface area contributed by atoms with Gasteiger partial charge in [0.25, 0.3) is 0 Å². The van der Waals surface area contributed by atoms with Gasteiger partial charge in [0, 0.05) is 19.0 Å². The zero-order chi connectivity index (χ0) is 24.4.